The number of hydrogen-bond acceptors (Lipinski definition) is 4. The van der Waals surface area contributed by atoms with Crippen molar-refractivity contribution in [2.45, 2.75) is 31.5 Å². The van der Waals surface area contributed by atoms with E-state index in [2.05, 4.69) is 10.2 Å². The third-order valence-corrected chi connectivity index (χ3v) is 4.27. The van der Waals surface area contributed by atoms with Crippen LogP contribution in [0.15, 0.2) is 30.6 Å². The number of hydrogen-bond donors (Lipinski definition) is 0. The highest BCUT2D eigenvalue weighted by molar-refractivity contribution is 5.79. The van der Waals surface area contributed by atoms with Crippen LogP contribution in [0.5, 0.6) is 5.75 Å². The van der Waals surface area contributed by atoms with Crippen LogP contribution in [0.25, 0.3) is 0 Å². The van der Waals surface area contributed by atoms with E-state index in [1.165, 1.54) is 12.1 Å². The topological polar surface area (TPSA) is 60.2 Å². The lowest BCUT2D eigenvalue weighted by molar-refractivity contribution is -0.153. The molecule has 0 saturated carbocycles. The number of likely N-dealkylation sites (tertiary alicyclic amines) is 1. The van der Waals surface area contributed by atoms with Crippen LogP contribution < -0.4 is 4.74 Å². The third-order valence-electron chi connectivity index (χ3n) is 4.27. The summed E-state index contributed by atoms with van der Waals surface area (Å²) >= 11 is 0. The molecule has 6 nitrogen and oxygen atoms in total. The molecule has 0 N–H and O–H groups in total. The predicted molar refractivity (Wildman–Crippen MR) is 86.4 cm³/mol. The van der Waals surface area contributed by atoms with Gasteiger partial charge in [0.2, 0.25) is 5.91 Å². The highest BCUT2D eigenvalue weighted by atomic mass is 19.4. The molecule has 1 unspecified atom stereocenters. The molecule has 3 rings (SSSR count). The number of aromatic nitrogens is 3. The van der Waals surface area contributed by atoms with Crippen molar-refractivity contribution in [1.82, 2.24) is 19.7 Å². The largest absolute Gasteiger partial charge is 0.484 e. The number of halogens is 3. The second kappa shape index (κ2) is 7.35. The van der Waals surface area contributed by atoms with Crippen molar-refractivity contribution in [2.75, 3.05) is 13.2 Å². The molecule has 1 aromatic heterocycles. The molecule has 1 aromatic carbocycles. The average molecular weight is 368 g/mol. The molecule has 1 saturated heterocycles. The minimum Gasteiger partial charge on any atom is -0.484 e. The Morgan fingerprint density at radius 3 is 2.88 bits per heavy atom. The summed E-state index contributed by atoms with van der Waals surface area (Å²) in [6, 6.07) is 6.07. The van der Waals surface area contributed by atoms with Gasteiger partial charge in [0.15, 0.2) is 12.4 Å². The van der Waals surface area contributed by atoms with E-state index in [0.717, 1.165) is 18.7 Å². The highest BCUT2D eigenvalue weighted by Gasteiger charge is 2.33. The first-order valence-electron chi connectivity index (χ1n) is 8.25. The van der Waals surface area contributed by atoms with E-state index in [9.17, 15) is 18.0 Å². The van der Waals surface area contributed by atoms with E-state index in [0.29, 0.717) is 12.1 Å². The zero-order valence-electron chi connectivity index (χ0n) is 14.2. The SMILES string of the molecule is Cn1cnnc1C1CCCN1C(=O)Cc1cccc(OCC(F)(F)F)c1. The molecule has 1 amide bonds. The Kier molecular flexibility index (Phi) is 5.15. The number of rotatable bonds is 5. The van der Waals surface area contributed by atoms with E-state index < -0.39 is 12.8 Å². The summed E-state index contributed by atoms with van der Waals surface area (Å²) in [5.74, 6) is 0.737. The molecule has 2 aromatic rings. The van der Waals surface area contributed by atoms with Gasteiger partial charge in [-0.05, 0) is 30.5 Å². The fourth-order valence-electron chi connectivity index (χ4n) is 3.11. The summed E-state index contributed by atoms with van der Waals surface area (Å²) in [5, 5.41) is 7.95. The highest BCUT2D eigenvalue weighted by Crippen LogP contribution is 2.31. The van der Waals surface area contributed by atoms with Crippen LogP contribution in [-0.2, 0) is 18.3 Å². The van der Waals surface area contributed by atoms with Crippen molar-refractivity contribution in [3.05, 3.63) is 42.0 Å². The fourth-order valence-corrected chi connectivity index (χ4v) is 3.11. The Morgan fingerprint density at radius 2 is 2.19 bits per heavy atom. The molecule has 1 fully saturated rings. The molecular weight excluding hydrogens is 349 g/mol. The van der Waals surface area contributed by atoms with E-state index in [-0.39, 0.29) is 24.1 Å². The summed E-state index contributed by atoms with van der Waals surface area (Å²) in [4.78, 5) is 14.5. The normalized spacial score (nSPS) is 17.5. The van der Waals surface area contributed by atoms with Crippen LogP contribution >= 0.6 is 0 Å². The molecule has 0 spiro atoms. The van der Waals surface area contributed by atoms with E-state index in [1.54, 1.807) is 27.9 Å². The first-order chi connectivity index (χ1) is 12.3. The van der Waals surface area contributed by atoms with Gasteiger partial charge in [0.05, 0.1) is 12.5 Å². The smallest absolute Gasteiger partial charge is 0.422 e. The molecule has 0 radical (unpaired) electrons. The number of alkyl halides is 3. The number of nitrogens with zero attached hydrogens (tertiary/aromatic N) is 4. The fraction of sp³-hybridized carbons (Fsp3) is 0.471. The van der Waals surface area contributed by atoms with Gasteiger partial charge in [0.25, 0.3) is 0 Å². The molecule has 0 aliphatic carbocycles. The maximum Gasteiger partial charge on any atom is 0.422 e. The predicted octanol–water partition coefficient (Wildman–Crippen LogP) is 2.66. The second-order valence-corrected chi connectivity index (χ2v) is 6.27. The zero-order chi connectivity index (χ0) is 18.7. The summed E-state index contributed by atoms with van der Waals surface area (Å²) in [6.45, 7) is -0.731. The number of benzene rings is 1. The Bertz CT molecular complexity index is 775. The average Bonchev–Trinajstić information content (AvgIpc) is 3.21. The van der Waals surface area contributed by atoms with Crippen LogP contribution in [0.4, 0.5) is 13.2 Å². The molecule has 1 aliphatic heterocycles. The first-order valence-corrected chi connectivity index (χ1v) is 8.25. The Morgan fingerprint density at radius 1 is 1.38 bits per heavy atom. The minimum absolute atomic E-state index is 0.0940. The van der Waals surface area contributed by atoms with Crippen LogP contribution in [0.2, 0.25) is 0 Å². The van der Waals surface area contributed by atoms with Gasteiger partial charge >= 0.3 is 6.18 Å². The lowest BCUT2D eigenvalue weighted by Gasteiger charge is -2.24. The Labute approximate surface area is 148 Å². The maximum absolute atomic E-state index is 12.7. The molecule has 140 valence electrons. The van der Waals surface area contributed by atoms with Gasteiger partial charge in [-0.3, -0.25) is 4.79 Å². The van der Waals surface area contributed by atoms with Crippen LogP contribution in [0.1, 0.15) is 30.3 Å². The number of amides is 1. The van der Waals surface area contributed by atoms with E-state index >= 15 is 0 Å². The zero-order valence-corrected chi connectivity index (χ0v) is 14.2. The van der Waals surface area contributed by atoms with Gasteiger partial charge in [-0.2, -0.15) is 13.2 Å². The van der Waals surface area contributed by atoms with Crippen LogP contribution in [0, 0.1) is 0 Å². The van der Waals surface area contributed by atoms with Crippen LogP contribution in [0.3, 0.4) is 0 Å². The molecule has 0 bridgehead atoms. The molecule has 1 aliphatic rings. The Hall–Kier alpha value is -2.58. The van der Waals surface area contributed by atoms with Crippen molar-refractivity contribution < 1.29 is 22.7 Å². The monoisotopic (exact) mass is 368 g/mol. The van der Waals surface area contributed by atoms with Crippen molar-refractivity contribution in [2.24, 2.45) is 7.05 Å². The van der Waals surface area contributed by atoms with Crippen molar-refractivity contribution in [3.63, 3.8) is 0 Å². The van der Waals surface area contributed by atoms with Gasteiger partial charge in [-0.1, -0.05) is 12.1 Å². The maximum atomic E-state index is 12.7. The lowest BCUT2D eigenvalue weighted by Crippen LogP contribution is -2.33. The molecule has 2 heterocycles. The molecule has 26 heavy (non-hydrogen) atoms. The van der Waals surface area contributed by atoms with E-state index in [1.807, 2.05) is 7.05 Å². The van der Waals surface area contributed by atoms with Crippen molar-refractivity contribution >= 4 is 5.91 Å². The number of carbonyl (C=O) groups excluding carboxylic acids is 1. The Balaban J connectivity index is 1.67. The van der Waals surface area contributed by atoms with Gasteiger partial charge in [-0.15, -0.1) is 10.2 Å². The quantitative estimate of drug-likeness (QED) is 0.814. The van der Waals surface area contributed by atoms with Gasteiger partial charge in [-0.25, -0.2) is 0 Å². The minimum atomic E-state index is -4.40. The summed E-state index contributed by atoms with van der Waals surface area (Å²) < 4.78 is 43.3. The molecule has 9 heteroatoms. The summed E-state index contributed by atoms with van der Waals surface area (Å²) in [7, 11) is 1.83. The lowest BCUT2D eigenvalue weighted by atomic mass is 10.1. The van der Waals surface area contributed by atoms with Crippen molar-refractivity contribution in [1.29, 1.82) is 0 Å². The van der Waals surface area contributed by atoms with Gasteiger partial charge in [0, 0.05) is 13.6 Å². The van der Waals surface area contributed by atoms with Gasteiger partial charge < -0.3 is 14.2 Å². The van der Waals surface area contributed by atoms with Gasteiger partial charge in [0.1, 0.15) is 12.1 Å². The number of ether oxygens (including phenoxy) is 1. The summed E-state index contributed by atoms with van der Waals surface area (Å²) in [6.07, 6.45) is -1.02. The standard InChI is InChI=1S/C17H19F3N4O2/c1-23-11-21-22-16(23)14-6-3-7-24(14)15(25)9-12-4-2-5-13(8-12)26-10-17(18,19)20/h2,4-5,8,11,14H,3,6-7,9-10H2,1H3. The van der Waals surface area contributed by atoms with Crippen molar-refractivity contribution in [3.8, 4) is 5.75 Å². The van der Waals surface area contributed by atoms with Crippen LogP contribution in [-0.4, -0.2) is 44.9 Å². The van der Waals surface area contributed by atoms with E-state index in [4.69, 9.17) is 4.74 Å². The number of carbonyl (C=O) groups is 1. The molecular formula is C17H19F3N4O2. The second-order valence-electron chi connectivity index (χ2n) is 6.27. The summed E-state index contributed by atoms with van der Waals surface area (Å²) in [5.41, 5.74) is 0.610. The third kappa shape index (κ3) is 4.33. The first kappa shape index (κ1) is 18.2. The number of aryl methyl sites for hydroxylation is 1. The molecule has 1 atom stereocenters.